The van der Waals surface area contributed by atoms with Gasteiger partial charge in [0.05, 0.1) is 15.9 Å². The fraction of sp³-hybridized carbons (Fsp3) is 0.0714. The maximum absolute atomic E-state index is 12.4. The third-order valence-electron chi connectivity index (χ3n) is 3.13. The second-order valence-electron chi connectivity index (χ2n) is 4.79. The number of nitrogens with one attached hydrogen (secondary N) is 3. The summed E-state index contributed by atoms with van der Waals surface area (Å²) in [5.41, 5.74) is 0.676. The summed E-state index contributed by atoms with van der Waals surface area (Å²) in [5, 5.41) is 0. The first-order chi connectivity index (χ1) is 11.3. The fourth-order valence-electron chi connectivity index (χ4n) is 2.10. The number of fused-ring (bicyclic) bond motifs is 1. The molecule has 24 heavy (non-hydrogen) atoms. The molecule has 3 rings (SSSR count). The molecule has 1 heterocycles. The van der Waals surface area contributed by atoms with Crippen LogP contribution in [0.1, 0.15) is 0 Å². The number of aromatic nitrogens is 2. The maximum atomic E-state index is 12.4. The summed E-state index contributed by atoms with van der Waals surface area (Å²) in [7, 11) is -3.87. The second kappa shape index (κ2) is 6.29. The van der Waals surface area contributed by atoms with Crippen LogP contribution in [0.15, 0.2) is 57.1 Å². The van der Waals surface area contributed by atoms with E-state index in [0.29, 0.717) is 27.7 Å². The zero-order chi connectivity index (χ0) is 17.3. The zero-order valence-corrected chi connectivity index (χ0v) is 13.5. The van der Waals surface area contributed by atoms with Gasteiger partial charge < -0.3 is 9.97 Å². The van der Waals surface area contributed by atoms with Crippen LogP contribution in [-0.4, -0.2) is 24.1 Å². The van der Waals surface area contributed by atoms with Crippen molar-refractivity contribution >= 4 is 38.5 Å². The molecule has 10 heteroatoms. The SMILES string of the molecule is O=c1[nH]c2ccc(S(=O)(=O)Nc3ccc(SC(F)F)cc3)cc2[nH]1. The molecular formula is C14H11F2N3O3S2. The lowest BCUT2D eigenvalue weighted by Gasteiger charge is -2.09. The van der Waals surface area contributed by atoms with Crippen LogP contribution in [0.3, 0.4) is 0 Å². The van der Waals surface area contributed by atoms with E-state index in [1.165, 1.54) is 42.5 Å². The van der Waals surface area contributed by atoms with Gasteiger partial charge in [-0.1, -0.05) is 11.8 Å². The van der Waals surface area contributed by atoms with Gasteiger partial charge in [-0.2, -0.15) is 8.78 Å². The van der Waals surface area contributed by atoms with Crippen LogP contribution < -0.4 is 10.4 Å². The second-order valence-corrected chi connectivity index (χ2v) is 7.54. The molecule has 0 unspecified atom stereocenters. The van der Waals surface area contributed by atoms with Gasteiger partial charge in [0.2, 0.25) is 0 Å². The molecule has 0 saturated heterocycles. The van der Waals surface area contributed by atoms with E-state index in [4.69, 9.17) is 0 Å². The van der Waals surface area contributed by atoms with E-state index in [1.807, 2.05) is 0 Å². The summed E-state index contributed by atoms with van der Waals surface area (Å²) >= 11 is 0.377. The van der Waals surface area contributed by atoms with E-state index in [2.05, 4.69) is 14.7 Å². The number of anilines is 1. The van der Waals surface area contributed by atoms with Crippen LogP contribution in [0, 0.1) is 0 Å². The number of thioether (sulfide) groups is 1. The predicted molar refractivity (Wildman–Crippen MR) is 88.0 cm³/mol. The Morgan fingerprint density at radius 1 is 1.00 bits per heavy atom. The van der Waals surface area contributed by atoms with Crippen LogP contribution in [-0.2, 0) is 10.0 Å². The number of hydrogen-bond acceptors (Lipinski definition) is 4. The lowest BCUT2D eigenvalue weighted by molar-refractivity contribution is 0.252. The Morgan fingerprint density at radius 3 is 2.33 bits per heavy atom. The zero-order valence-electron chi connectivity index (χ0n) is 11.9. The van der Waals surface area contributed by atoms with Crippen LogP contribution in [0.2, 0.25) is 0 Å². The van der Waals surface area contributed by atoms with Gasteiger partial charge in [0.15, 0.2) is 0 Å². The molecule has 0 radical (unpaired) electrons. The summed E-state index contributed by atoms with van der Waals surface area (Å²) in [4.78, 5) is 16.5. The average Bonchev–Trinajstić information content (AvgIpc) is 2.87. The van der Waals surface area contributed by atoms with Crippen molar-refractivity contribution in [3.8, 4) is 0 Å². The molecule has 0 aliphatic heterocycles. The van der Waals surface area contributed by atoms with Gasteiger partial charge in [-0.25, -0.2) is 13.2 Å². The van der Waals surface area contributed by atoms with Crippen molar-refractivity contribution in [2.24, 2.45) is 0 Å². The summed E-state index contributed by atoms with van der Waals surface area (Å²) in [6.45, 7) is 0. The maximum Gasteiger partial charge on any atom is 0.323 e. The molecule has 0 bridgehead atoms. The molecule has 3 N–H and O–H groups in total. The minimum absolute atomic E-state index is 0.0312. The lowest BCUT2D eigenvalue weighted by Crippen LogP contribution is -2.12. The first-order valence-corrected chi connectivity index (χ1v) is 8.99. The summed E-state index contributed by atoms with van der Waals surface area (Å²) in [5.74, 6) is -2.54. The van der Waals surface area contributed by atoms with Crippen molar-refractivity contribution in [1.29, 1.82) is 0 Å². The highest BCUT2D eigenvalue weighted by Crippen LogP contribution is 2.27. The lowest BCUT2D eigenvalue weighted by atomic mass is 10.3. The van der Waals surface area contributed by atoms with Crippen molar-refractivity contribution < 1.29 is 17.2 Å². The third-order valence-corrected chi connectivity index (χ3v) is 5.23. The average molecular weight is 371 g/mol. The van der Waals surface area contributed by atoms with E-state index in [-0.39, 0.29) is 10.6 Å². The quantitative estimate of drug-likeness (QED) is 0.601. The van der Waals surface area contributed by atoms with Crippen molar-refractivity contribution in [2.45, 2.75) is 15.5 Å². The van der Waals surface area contributed by atoms with Gasteiger partial charge in [-0.3, -0.25) is 4.72 Å². The Labute approximate surface area is 139 Å². The molecule has 2 aromatic carbocycles. The van der Waals surface area contributed by atoms with E-state index in [9.17, 15) is 22.0 Å². The number of hydrogen-bond donors (Lipinski definition) is 3. The fourth-order valence-corrected chi connectivity index (χ4v) is 3.68. The van der Waals surface area contributed by atoms with Crippen LogP contribution in [0.4, 0.5) is 14.5 Å². The molecule has 126 valence electrons. The Kier molecular flexibility index (Phi) is 4.33. The molecular weight excluding hydrogens is 360 g/mol. The van der Waals surface area contributed by atoms with Crippen LogP contribution in [0.5, 0.6) is 0 Å². The van der Waals surface area contributed by atoms with Gasteiger partial charge in [0.1, 0.15) is 0 Å². The third kappa shape index (κ3) is 3.60. The predicted octanol–water partition coefficient (Wildman–Crippen LogP) is 2.97. The van der Waals surface area contributed by atoms with E-state index < -0.39 is 21.5 Å². The van der Waals surface area contributed by atoms with Gasteiger partial charge in [0.25, 0.3) is 15.8 Å². The minimum atomic E-state index is -3.87. The van der Waals surface area contributed by atoms with Gasteiger partial charge in [0, 0.05) is 10.6 Å². The molecule has 0 aliphatic carbocycles. The summed E-state index contributed by atoms with van der Waals surface area (Å²) in [6.07, 6.45) is 0. The van der Waals surface area contributed by atoms with Gasteiger partial charge in [-0.15, -0.1) is 0 Å². The summed E-state index contributed by atoms with van der Waals surface area (Å²) < 4.78 is 51.6. The Hall–Kier alpha value is -2.33. The van der Waals surface area contributed by atoms with Crippen LogP contribution >= 0.6 is 11.8 Å². The van der Waals surface area contributed by atoms with Crippen molar-refractivity contribution in [2.75, 3.05) is 4.72 Å². The number of alkyl halides is 2. The molecule has 0 aliphatic rings. The molecule has 0 atom stereocenters. The van der Waals surface area contributed by atoms with Crippen LogP contribution in [0.25, 0.3) is 11.0 Å². The molecule has 0 amide bonds. The highest BCUT2D eigenvalue weighted by atomic mass is 32.2. The highest BCUT2D eigenvalue weighted by Gasteiger charge is 2.15. The molecule has 1 aromatic heterocycles. The topological polar surface area (TPSA) is 94.8 Å². The number of H-pyrrole nitrogens is 2. The number of halogens is 2. The monoisotopic (exact) mass is 371 g/mol. The smallest absolute Gasteiger partial charge is 0.306 e. The molecule has 0 spiro atoms. The number of sulfonamides is 1. The Bertz CT molecular complexity index is 1030. The number of imidazole rings is 1. The minimum Gasteiger partial charge on any atom is -0.306 e. The van der Waals surface area contributed by atoms with Crippen molar-refractivity contribution in [1.82, 2.24) is 9.97 Å². The van der Waals surface area contributed by atoms with Crippen molar-refractivity contribution in [3.63, 3.8) is 0 Å². The summed E-state index contributed by atoms with van der Waals surface area (Å²) in [6, 6.07) is 9.77. The number of rotatable bonds is 5. The number of aromatic amines is 2. The molecule has 6 nitrogen and oxygen atoms in total. The Morgan fingerprint density at radius 2 is 1.67 bits per heavy atom. The van der Waals surface area contributed by atoms with E-state index in [1.54, 1.807) is 0 Å². The largest absolute Gasteiger partial charge is 0.323 e. The normalized spacial score (nSPS) is 12.0. The molecule has 0 saturated carbocycles. The Balaban J connectivity index is 1.85. The van der Waals surface area contributed by atoms with Crippen molar-refractivity contribution in [3.05, 3.63) is 52.9 Å². The first kappa shape index (κ1) is 16.5. The molecule has 0 fully saturated rings. The van der Waals surface area contributed by atoms with E-state index >= 15 is 0 Å². The molecule has 3 aromatic rings. The number of benzene rings is 2. The highest BCUT2D eigenvalue weighted by molar-refractivity contribution is 7.99. The standard InChI is InChI=1S/C14H11F2N3O3S2/c15-13(16)23-9-3-1-8(2-4-9)19-24(21,22)10-5-6-11-12(7-10)18-14(20)17-11/h1-7,13,19H,(H2,17,18,20). The van der Waals surface area contributed by atoms with Gasteiger partial charge in [-0.05, 0) is 42.5 Å². The van der Waals surface area contributed by atoms with E-state index in [0.717, 1.165) is 0 Å². The van der Waals surface area contributed by atoms with Gasteiger partial charge >= 0.3 is 5.69 Å². The first-order valence-electron chi connectivity index (χ1n) is 6.63.